The standard InChI is InChI=1S/C13H16ClFN4/c1-13(2,3)16-7-10-8-17-18-19(10)9-4-5-11(14)12(15)6-9/h4-6,8,16H,7H2,1-3H3. The third kappa shape index (κ3) is 3.52. The lowest BCUT2D eigenvalue weighted by Gasteiger charge is -2.20. The van der Waals surface area contributed by atoms with Gasteiger partial charge in [0.15, 0.2) is 0 Å². The van der Waals surface area contributed by atoms with Gasteiger partial charge in [0.05, 0.1) is 22.6 Å². The third-order valence-corrected chi connectivity index (χ3v) is 2.87. The summed E-state index contributed by atoms with van der Waals surface area (Å²) in [6.45, 7) is 6.82. The van der Waals surface area contributed by atoms with Crippen molar-refractivity contribution in [3.8, 4) is 5.69 Å². The highest BCUT2D eigenvalue weighted by Gasteiger charge is 2.13. The van der Waals surface area contributed by atoms with E-state index in [1.54, 1.807) is 16.9 Å². The maximum absolute atomic E-state index is 13.5. The van der Waals surface area contributed by atoms with Gasteiger partial charge in [-0.05, 0) is 32.9 Å². The van der Waals surface area contributed by atoms with Crippen LogP contribution in [0.2, 0.25) is 5.02 Å². The van der Waals surface area contributed by atoms with Crippen LogP contribution in [0.4, 0.5) is 4.39 Å². The van der Waals surface area contributed by atoms with E-state index in [-0.39, 0.29) is 10.6 Å². The van der Waals surface area contributed by atoms with E-state index in [0.717, 1.165) is 5.69 Å². The molecule has 0 fully saturated rings. The Balaban J connectivity index is 2.26. The van der Waals surface area contributed by atoms with Gasteiger partial charge in [-0.15, -0.1) is 5.10 Å². The van der Waals surface area contributed by atoms with Crippen molar-refractivity contribution in [2.75, 3.05) is 0 Å². The third-order valence-electron chi connectivity index (χ3n) is 2.57. The van der Waals surface area contributed by atoms with E-state index in [1.807, 2.05) is 0 Å². The highest BCUT2D eigenvalue weighted by Crippen LogP contribution is 2.18. The second-order valence-electron chi connectivity index (χ2n) is 5.34. The zero-order chi connectivity index (χ0) is 14.0. The Morgan fingerprint density at radius 3 is 2.74 bits per heavy atom. The van der Waals surface area contributed by atoms with Gasteiger partial charge in [0.25, 0.3) is 0 Å². The van der Waals surface area contributed by atoms with Crippen LogP contribution in [0.3, 0.4) is 0 Å². The van der Waals surface area contributed by atoms with Gasteiger partial charge < -0.3 is 5.32 Å². The summed E-state index contributed by atoms with van der Waals surface area (Å²) in [5.74, 6) is -0.468. The number of benzene rings is 1. The fourth-order valence-electron chi connectivity index (χ4n) is 1.57. The fourth-order valence-corrected chi connectivity index (χ4v) is 1.68. The molecule has 4 nitrogen and oxygen atoms in total. The molecule has 0 saturated heterocycles. The van der Waals surface area contributed by atoms with Crippen LogP contribution in [0, 0.1) is 5.82 Å². The van der Waals surface area contributed by atoms with Gasteiger partial charge >= 0.3 is 0 Å². The molecule has 6 heteroatoms. The van der Waals surface area contributed by atoms with Gasteiger partial charge in [-0.1, -0.05) is 16.8 Å². The van der Waals surface area contributed by atoms with E-state index >= 15 is 0 Å². The normalized spacial score (nSPS) is 11.8. The zero-order valence-electron chi connectivity index (χ0n) is 11.1. The van der Waals surface area contributed by atoms with Crippen molar-refractivity contribution in [3.63, 3.8) is 0 Å². The minimum absolute atomic E-state index is 0.0135. The number of nitrogens with one attached hydrogen (secondary N) is 1. The van der Waals surface area contributed by atoms with Crippen LogP contribution in [0.25, 0.3) is 5.69 Å². The Bertz CT molecular complexity index is 574. The average Bonchev–Trinajstić information content (AvgIpc) is 2.77. The zero-order valence-corrected chi connectivity index (χ0v) is 11.9. The van der Waals surface area contributed by atoms with Crippen LogP contribution < -0.4 is 5.32 Å². The van der Waals surface area contributed by atoms with Gasteiger partial charge in [0.1, 0.15) is 5.82 Å². The summed E-state index contributed by atoms with van der Waals surface area (Å²) in [6, 6.07) is 4.56. The Kier molecular flexibility index (Phi) is 3.87. The molecule has 0 aliphatic heterocycles. The summed E-state index contributed by atoms with van der Waals surface area (Å²) < 4.78 is 15.1. The van der Waals surface area contributed by atoms with Crippen molar-refractivity contribution in [2.45, 2.75) is 32.9 Å². The first-order valence-electron chi connectivity index (χ1n) is 5.97. The maximum Gasteiger partial charge on any atom is 0.143 e. The molecule has 0 unspecified atom stereocenters. The highest BCUT2D eigenvalue weighted by atomic mass is 35.5. The minimum atomic E-state index is -0.468. The molecular formula is C13H16ClFN4. The summed E-state index contributed by atoms with van der Waals surface area (Å²) in [6.07, 6.45) is 1.66. The smallest absolute Gasteiger partial charge is 0.143 e. The molecule has 2 rings (SSSR count). The molecule has 0 bridgehead atoms. The molecule has 0 amide bonds. The lowest BCUT2D eigenvalue weighted by molar-refractivity contribution is 0.418. The van der Waals surface area contributed by atoms with E-state index in [2.05, 4.69) is 36.4 Å². The molecule has 1 heterocycles. The Morgan fingerprint density at radius 2 is 2.11 bits per heavy atom. The molecule has 19 heavy (non-hydrogen) atoms. The van der Waals surface area contributed by atoms with Crippen molar-refractivity contribution in [2.24, 2.45) is 0 Å². The summed E-state index contributed by atoms with van der Waals surface area (Å²) in [7, 11) is 0. The van der Waals surface area contributed by atoms with Crippen LogP contribution >= 0.6 is 11.6 Å². The van der Waals surface area contributed by atoms with Crippen LogP contribution in [-0.2, 0) is 6.54 Å². The van der Waals surface area contributed by atoms with Gasteiger partial charge in [0, 0.05) is 18.2 Å². The molecule has 0 aliphatic carbocycles. The monoisotopic (exact) mass is 282 g/mol. The Hall–Kier alpha value is -1.46. The number of rotatable bonds is 3. The molecule has 1 aromatic heterocycles. The molecule has 0 saturated carbocycles. The number of hydrogen-bond donors (Lipinski definition) is 1. The van der Waals surface area contributed by atoms with Crippen LogP contribution in [-0.4, -0.2) is 20.5 Å². The number of nitrogens with zero attached hydrogens (tertiary/aromatic N) is 3. The summed E-state index contributed by atoms with van der Waals surface area (Å²) >= 11 is 5.67. The van der Waals surface area contributed by atoms with Crippen molar-refractivity contribution in [1.82, 2.24) is 20.3 Å². The van der Waals surface area contributed by atoms with Crippen LogP contribution in [0.1, 0.15) is 26.5 Å². The molecule has 0 radical (unpaired) electrons. The summed E-state index contributed by atoms with van der Waals surface area (Å²) in [5, 5.41) is 11.3. The Labute approximate surface area is 116 Å². The lowest BCUT2D eigenvalue weighted by atomic mass is 10.1. The lowest BCUT2D eigenvalue weighted by Crippen LogP contribution is -2.35. The number of hydrogen-bond acceptors (Lipinski definition) is 3. The largest absolute Gasteiger partial charge is 0.306 e. The van der Waals surface area contributed by atoms with Crippen LogP contribution in [0.15, 0.2) is 24.4 Å². The first-order chi connectivity index (χ1) is 8.87. The van der Waals surface area contributed by atoms with Gasteiger partial charge in [0.2, 0.25) is 0 Å². The average molecular weight is 283 g/mol. The number of halogens is 2. The van der Waals surface area contributed by atoms with E-state index in [1.165, 1.54) is 12.1 Å². The van der Waals surface area contributed by atoms with Crippen molar-refractivity contribution < 1.29 is 4.39 Å². The molecule has 0 aliphatic rings. The Morgan fingerprint density at radius 1 is 1.37 bits per heavy atom. The summed E-state index contributed by atoms with van der Waals surface area (Å²) in [5.41, 5.74) is 1.45. The van der Waals surface area contributed by atoms with E-state index < -0.39 is 5.82 Å². The molecule has 102 valence electrons. The predicted octanol–water partition coefficient (Wildman–Crippen LogP) is 2.95. The molecule has 0 spiro atoms. The van der Waals surface area contributed by atoms with Gasteiger partial charge in [-0.2, -0.15) is 0 Å². The quantitative estimate of drug-likeness (QED) is 0.941. The van der Waals surface area contributed by atoms with Gasteiger partial charge in [-0.25, -0.2) is 9.07 Å². The second kappa shape index (κ2) is 5.27. The fraction of sp³-hybridized carbons (Fsp3) is 0.385. The van der Waals surface area contributed by atoms with Crippen molar-refractivity contribution >= 4 is 11.6 Å². The topological polar surface area (TPSA) is 42.7 Å². The first kappa shape index (κ1) is 14.0. The molecule has 1 aromatic carbocycles. The molecule has 2 aromatic rings. The molecular weight excluding hydrogens is 267 g/mol. The van der Waals surface area contributed by atoms with E-state index in [4.69, 9.17) is 11.6 Å². The predicted molar refractivity (Wildman–Crippen MR) is 72.9 cm³/mol. The number of aromatic nitrogens is 3. The SMILES string of the molecule is CC(C)(C)NCc1cnnn1-c1ccc(Cl)c(F)c1. The van der Waals surface area contributed by atoms with E-state index in [0.29, 0.717) is 12.2 Å². The van der Waals surface area contributed by atoms with Crippen LogP contribution in [0.5, 0.6) is 0 Å². The first-order valence-corrected chi connectivity index (χ1v) is 6.35. The minimum Gasteiger partial charge on any atom is -0.306 e. The van der Waals surface area contributed by atoms with Crippen molar-refractivity contribution in [1.29, 1.82) is 0 Å². The van der Waals surface area contributed by atoms with Gasteiger partial charge in [-0.3, -0.25) is 0 Å². The maximum atomic E-state index is 13.5. The van der Waals surface area contributed by atoms with Crippen molar-refractivity contribution in [3.05, 3.63) is 40.9 Å². The molecule has 1 N–H and O–H groups in total. The summed E-state index contributed by atoms with van der Waals surface area (Å²) in [4.78, 5) is 0. The second-order valence-corrected chi connectivity index (χ2v) is 5.75. The molecule has 0 atom stereocenters. The van der Waals surface area contributed by atoms with E-state index in [9.17, 15) is 4.39 Å². The highest BCUT2D eigenvalue weighted by molar-refractivity contribution is 6.30.